The van der Waals surface area contributed by atoms with E-state index in [1.54, 1.807) is 6.07 Å². The van der Waals surface area contributed by atoms with Crippen LogP contribution in [0.3, 0.4) is 0 Å². The van der Waals surface area contributed by atoms with Gasteiger partial charge in [0.25, 0.3) is 0 Å². The fraction of sp³-hybridized carbons (Fsp3) is 0.231. The van der Waals surface area contributed by atoms with E-state index in [4.69, 9.17) is 27.9 Å². The standard InChI is InChI=1S/C13H13Cl2N3OS/c1-9(14)8-20-13-17-16-12(18(13)2)7-19-11-6-4-3-5-10(11)15/h3-6H,1,7-8H2,2H3. The second kappa shape index (κ2) is 7.02. The summed E-state index contributed by atoms with van der Waals surface area (Å²) in [6, 6.07) is 7.31. The van der Waals surface area contributed by atoms with Crippen LogP contribution in [0.15, 0.2) is 41.0 Å². The summed E-state index contributed by atoms with van der Waals surface area (Å²) >= 11 is 13.2. The van der Waals surface area contributed by atoms with Gasteiger partial charge in [0.2, 0.25) is 0 Å². The van der Waals surface area contributed by atoms with E-state index in [2.05, 4.69) is 16.8 Å². The van der Waals surface area contributed by atoms with Crippen LogP contribution in [-0.2, 0) is 13.7 Å². The van der Waals surface area contributed by atoms with Crippen LogP contribution in [0.2, 0.25) is 5.02 Å². The monoisotopic (exact) mass is 329 g/mol. The first-order valence-electron chi connectivity index (χ1n) is 5.79. The Morgan fingerprint density at radius 1 is 1.40 bits per heavy atom. The van der Waals surface area contributed by atoms with Gasteiger partial charge in [0, 0.05) is 17.8 Å². The molecule has 1 heterocycles. The van der Waals surface area contributed by atoms with Crippen molar-refractivity contribution < 1.29 is 4.74 Å². The summed E-state index contributed by atoms with van der Waals surface area (Å²) in [6.45, 7) is 3.94. The van der Waals surface area contributed by atoms with Crippen molar-refractivity contribution in [2.24, 2.45) is 7.05 Å². The third-order valence-corrected chi connectivity index (χ3v) is 4.19. The van der Waals surface area contributed by atoms with Crippen LogP contribution in [0.5, 0.6) is 5.75 Å². The Morgan fingerprint density at radius 3 is 2.85 bits per heavy atom. The zero-order chi connectivity index (χ0) is 14.5. The number of thioether (sulfide) groups is 1. The molecule has 0 amide bonds. The highest BCUT2D eigenvalue weighted by Crippen LogP contribution is 2.24. The first kappa shape index (κ1) is 15.2. The van der Waals surface area contributed by atoms with Crippen molar-refractivity contribution >= 4 is 35.0 Å². The lowest BCUT2D eigenvalue weighted by molar-refractivity contribution is 0.290. The third kappa shape index (κ3) is 3.91. The van der Waals surface area contributed by atoms with E-state index in [1.165, 1.54) is 11.8 Å². The second-order valence-corrected chi connectivity index (χ2v) is 5.87. The number of hydrogen-bond donors (Lipinski definition) is 0. The molecule has 0 spiro atoms. The highest BCUT2D eigenvalue weighted by Gasteiger charge is 2.10. The van der Waals surface area contributed by atoms with Gasteiger partial charge in [0.1, 0.15) is 12.4 Å². The maximum atomic E-state index is 6.02. The smallest absolute Gasteiger partial charge is 0.191 e. The molecule has 0 saturated heterocycles. The van der Waals surface area contributed by atoms with Gasteiger partial charge < -0.3 is 9.30 Å². The molecule has 0 saturated carbocycles. The van der Waals surface area contributed by atoms with Crippen molar-refractivity contribution in [1.82, 2.24) is 14.8 Å². The van der Waals surface area contributed by atoms with Crippen molar-refractivity contribution in [2.75, 3.05) is 5.75 Å². The van der Waals surface area contributed by atoms with E-state index < -0.39 is 0 Å². The van der Waals surface area contributed by atoms with Gasteiger partial charge in [-0.25, -0.2) is 0 Å². The average molecular weight is 330 g/mol. The predicted octanol–water partition coefficient (Wildman–Crippen LogP) is 3.89. The molecule has 4 nitrogen and oxygen atoms in total. The average Bonchev–Trinajstić information content (AvgIpc) is 2.76. The Hall–Kier alpha value is -1.17. The number of aromatic nitrogens is 3. The number of para-hydroxylation sites is 1. The Balaban J connectivity index is 2.00. The molecule has 1 aromatic heterocycles. The van der Waals surface area contributed by atoms with E-state index in [0.717, 1.165) is 5.16 Å². The van der Waals surface area contributed by atoms with E-state index >= 15 is 0 Å². The quantitative estimate of drug-likeness (QED) is 0.754. The highest BCUT2D eigenvalue weighted by atomic mass is 35.5. The Bertz CT molecular complexity index is 615. The fourth-order valence-corrected chi connectivity index (χ4v) is 2.48. The van der Waals surface area contributed by atoms with Crippen LogP contribution >= 0.6 is 35.0 Å². The SMILES string of the molecule is C=C(Cl)CSc1nnc(COc2ccccc2Cl)n1C. The van der Waals surface area contributed by atoms with Crippen LogP contribution in [-0.4, -0.2) is 20.5 Å². The molecule has 0 aliphatic carbocycles. The van der Waals surface area contributed by atoms with E-state index in [9.17, 15) is 0 Å². The molecule has 0 aliphatic rings. The second-order valence-electron chi connectivity index (χ2n) is 3.98. The molecule has 106 valence electrons. The molecule has 0 aliphatic heterocycles. The van der Waals surface area contributed by atoms with Gasteiger partial charge in [0.05, 0.1) is 5.02 Å². The zero-order valence-electron chi connectivity index (χ0n) is 10.8. The molecule has 2 aromatic rings. The van der Waals surface area contributed by atoms with Crippen LogP contribution in [0.4, 0.5) is 0 Å². The Morgan fingerprint density at radius 2 is 2.15 bits per heavy atom. The third-order valence-electron chi connectivity index (χ3n) is 2.48. The predicted molar refractivity (Wildman–Crippen MR) is 82.5 cm³/mol. The maximum Gasteiger partial charge on any atom is 0.191 e. The largest absolute Gasteiger partial charge is 0.484 e. The lowest BCUT2D eigenvalue weighted by Gasteiger charge is -2.07. The first-order valence-corrected chi connectivity index (χ1v) is 7.53. The molecule has 7 heteroatoms. The molecule has 2 rings (SSSR count). The van der Waals surface area contributed by atoms with Gasteiger partial charge in [-0.15, -0.1) is 10.2 Å². The Kier molecular flexibility index (Phi) is 5.34. The maximum absolute atomic E-state index is 6.02. The van der Waals surface area contributed by atoms with Gasteiger partial charge in [-0.3, -0.25) is 0 Å². The van der Waals surface area contributed by atoms with Crippen LogP contribution < -0.4 is 4.74 Å². The molecule has 20 heavy (non-hydrogen) atoms. The number of hydrogen-bond acceptors (Lipinski definition) is 4. The van der Waals surface area contributed by atoms with Crippen LogP contribution in [0, 0.1) is 0 Å². The molecule has 0 fully saturated rings. The van der Waals surface area contributed by atoms with E-state index in [-0.39, 0.29) is 0 Å². The molecule has 0 bridgehead atoms. The first-order chi connectivity index (χ1) is 9.58. The van der Waals surface area contributed by atoms with Gasteiger partial charge in [0.15, 0.2) is 11.0 Å². The summed E-state index contributed by atoms with van der Waals surface area (Å²) in [7, 11) is 1.88. The molecule has 0 N–H and O–H groups in total. The van der Waals surface area contributed by atoms with Gasteiger partial charge in [-0.05, 0) is 12.1 Å². The number of halogens is 2. The minimum atomic E-state index is 0.301. The van der Waals surface area contributed by atoms with Gasteiger partial charge in [-0.1, -0.05) is 53.7 Å². The zero-order valence-corrected chi connectivity index (χ0v) is 13.2. The van der Waals surface area contributed by atoms with Crippen molar-refractivity contribution in [2.45, 2.75) is 11.8 Å². The van der Waals surface area contributed by atoms with Gasteiger partial charge in [-0.2, -0.15) is 0 Å². The molecule has 0 atom stereocenters. The normalized spacial score (nSPS) is 10.6. The van der Waals surface area contributed by atoms with E-state index in [1.807, 2.05) is 29.8 Å². The minimum Gasteiger partial charge on any atom is -0.484 e. The Labute approximate surface area is 131 Å². The highest BCUT2D eigenvalue weighted by molar-refractivity contribution is 7.99. The molecule has 0 radical (unpaired) electrons. The summed E-state index contributed by atoms with van der Waals surface area (Å²) in [5, 5.41) is 10.1. The summed E-state index contributed by atoms with van der Waals surface area (Å²) in [5.41, 5.74) is 0. The van der Waals surface area contributed by atoms with Crippen molar-refractivity contribution in [3.8, 4) is 5.75 Å². The van der Waals surface area contributed by atoms with Crippen molar-refractivity contribution in [3.63, 3.8) is 0 Å². The summed E-state index contributed by atoms with van der Waals surface area (Å²) < 4.78 is 7.50. The molecular weight excluding hydrogens is 317 g/mol. The number of benzene rings is 1. The lowest BCUT2D eigenvalue weighted by Crippen LogP contribution is -2.04. The number of ether oxygens (including phenoxy) is 1. The minimum absolute atomic E-state index is 0.301. The summed E-state index contributed by atoms with van der Waals surface area (Å²) in [4.78, 5) is 0. The van der Waals surface area contributed by atoms with Crippen molar-refractivity contribution in [1.29, 1.82) is 0 Å². The summed E-state index contributed by atoms with van der Waals surface area (Å²) in [6.07, 6.45) is 0. The van der Waals surface area contributed by atoms with Crippen LogP contribution in [0.1, 0.15) is 5.82 Å². The molecular formula is C13H13Cl2N3OS. The van der Waals surface area contributed by atoms with Crippen LogP contribution in [0.25, 0.3) is 0 Å². The molecule has 0 unspecified atom stereocenters. The van der Waals surface area contributed by atoms with Gasteiger partial charge >= 0.3 is 0 Å². The number of rotatable bonds is 6. The molecule has 1 aromatic carbocycles. The summed E-state index contributed by atoms with van der Waals surface area (Å²) in [5.74, 6) is 1.94. The fourth-order valence-electron chi connectivity index (χ4n) is 1.44. The van der Waals surface area contributed by atoms with Crippen molar-refractivity contribution in [3.05, 3.63) is 46.7 Å². The topological polar surface area (TPSA) is 39.9 Å². The van der Waals surface area contributed by atoms with E-state index in [0.29, 0.717) is 34.0 Å². The number of nitrogens with zero attached hydrogens (tertiary/aromatic N) is 3. The lowest BCUT2D eigenvalue weighted by atomic mass is 10.3.